The van der Waals surface area contributed by atoms with E-state index in [0.717, 1.165) is 49.9 Å². The maximum Gasteiger partial charge on any atom is 0.251 e. The lowest BCUT2D eigenvalue weighted by Gasteiger charge is -2.18. The van der Waals surface area contributed by atoms with Crippen molar-refractivity contribution in [3.8, 4) is 29.5 Å². The summed E-state index contributed by atoms with van der Waals surface area (Å²) in [4.78, 5) is 53.6. The van der Waals surface area contributed by atoms with Gasteiger partial charge in [0.05, 0.1) is 36.2 Å². The number of halogens is 4. The Morgan fingerprint density at radius 3 is 1.62 bits per heavy atom. The number of nitrogens with one attached hydrogen (secondary N) is 2. The van der Waals surface area contributed by atoms with Gasteiger partial charge in [0.15, 0.2) is 46.3 Å². The number of hydrogen-bond donors (Lipinski definition) is 4. The first-order chi connectivity index (χ1) is 32.8. The number of amides is 2. The number of nitrogens with two attached hydrogens (primary N) is 2. The molecule has 69 heavy (non-hydrogen) atoms. The van der Waals surface area contributed by atoms with Gasteiger partial charge in [-0.2, -0.15) is 0 Å². The number of carbonyl (C=O) groups is 4. The van der Waals surface area contributed by atoms with Crippen molar-refractivity contribution >= 4 is 29.1 Å². The number of para-hydroxylation sites is 2. The van der Waals surface area contributed by atoms with Crippen LogP contribution in [0.25, 0.3) is 16.1 Å². The smallest absolute Gasteiger partial charge is 0.251 e. The predicted octanol–water partition coefficient (Wildman–Crippen LogP) is 8.78. The summed E-state index contributed by atoms with van der Waals surface area (Å²) in [7, 11) is 0. The number of nitrogens with zero attached hydrogens (tertiary/aromatic N) is 6. The molecule has 368 valence electrons. The molecule has 2 atom stereocenters. The Labute approximate surface area is 398 Å². The van der Waals surface area contributed by atoms with Crippen molar-refractivity contribution in [3.63, 3.8) is 0 Å². The number of ether oxygens (including phenoxy) is 2. The van der Waals surface area contributed by atoms with Gasteiger partial charge in [-0.15, -0.1) is 11.5 Å². The first-order valence-corrected chi connectivity index (χ1v) is 21.6. The van der Waals surface area contributed by atoms with Gasteiger partial charge < -0.3 is 31.6 Å². The maximum atomic E-state index is 13.8. The van der Waals surface area contributed by atoms with Crippen molar-refractivity contribution in [1.82, 2.24) is 25.6 Å². The number of rotatable bonds is 23. The third-order valence-corrected chi connectivity index (χ3v) is 9.65. The summed E-state index contributed by atoms with van der Waals surface area (Å²) >= 11 is 0. The van der Waals surface area contributed by atoms with Gasteiger partial charge in [-0.1, -0.05) is 106 Å². The van der Waals surface area contributed by atoms with E-state index in [9.17, 15) is 36.7 Å². The quantitative estimate of drug-likeness (QED) is 0.0121. The molecule has 0 aliphatic rings. The molecule has 1 aromatic heterocycles. The van der Waals surface area contributed by atoms with E-state index in [0.29, 0.717) is 49.2 Å². The second kappa shape index (κ2) is 31.4. The van der Waals surface area contributed by atoms with Crippen LogP contribution >= 0.6 is 0 Å². The Bertz CT molecular complexity index is 2490. The van der Waals surface area contributed by atoms with E-state index in [4.69, 9.17) is 26.5 Å². The minimum Gasteiger partial charge on any atom is -0.480 e. The van der Waals surface area contributed by atoms with Gasteiger partial charge >= 0.3 is 0 Å². The summed E-state index contributed by atoms with van der Waals surface area (Å²) in [6.07, 6.45) is 12.0. The molecule has 0 saturated heterocycles. The second-order valence-electron chi connectivity index (χ2n) is 14.7. The average molecular weight is 959 g/mol. The van der Waals surface area contributed by atoms with E-state index < -0.39 is 83.4 Å². The fraction of sp³-hybridized carbons (Fsp3) is 0.347. The molecule has 16 nitrogen and oxygen atoms in total. The minimum absolute atomic E-state index is 0. The van der Waals surface area contributed by atoms with Gasteiger partial charge in [0, 0.05) is 28.3 Å². The second-order valence-corrected chi connectivity index (χ2v) is 14.7. The van der Waals surface area contributed by atoms with Crippen LogP contribution < -0.4 is 31.6 Å². The molecular formula is C49H58F4N10O6. The number of azide groups is 1. The number of Topliss-reactive ketones (excluding diaryl/α,β-unsaturated/α-hetero) is 2. The standard InChI is InChI=1S/C24H27F2N5O3.C21H22F2N4O3.C3H5N.CH4/c1-2-3-4-11-21(22(32)15-34-23-19(25)9-6-10-20(23)26)28-24(33)16-7-5-8-18(12-16)31-14-17(13-27)29-30-31;1-2-3-4-11-18(19(28)13-30-20-16(22)9-6-10-17(20)23)25-21(29)14-7-5-8-15(12-14)26-27-24;1-2-3-4;/h5-10,12,14,21H,2-4,11,13,15,27H2,1H3,(H,28,33);5-10,12,18H,2-4,11,13H2,1H3,(H,25,29);1H,3-4H2;1H4/t21-;18-;;/m00../s1. The molecule has 5 rings (SSSR count). The Morgan fingerprint density at radius 2 is 1.20 bits per heavy atom. The number of benzene rings is 4. The van der Waals surface area contributed by atoms with E-state index in [1.807, 2.05) is 13.8 Å². The molecule has 0 unspecified atom stereocenters. The largest absolute Gasteiger partial charge is 0.480 e. The molecule has 0 radical (unpaired) electrons. The van der Waals surface area contributed by atoms with Crippen LogP contribution in [0.4, 0.5) is 23.2 Å². The van der Waals surface area contributed by atoms with Crippen LogP contribution in [-0.2, 0) is 16.1 Å². The van der Waals surface area contributed by atoms with Crippen LogP contribution in [0.3, 0.4) is 0 Å². The van der Waals surface area contributed by atoms with Crippen molar-refractivity contribution < 1.29 is 46.2 Å². The molecule has 2 amide bonds. The Balaban J connectivity index is 0.000000436. The number of carbonyl (C=O) groups excluding carboxylic acids is 4. The SMILES string of the molecule is C.C#CCN.CCCCC[C@H](NC(=O)c1cccc(-n2cc(CN)nn2)c1)C(=O)COc1c(F)cccc1F.CCCCC[C@H](NC(=O)c1cccc(N=[N+]=[N-])c1)C(=O)COc1c(F)cccc1F. The zero-order valence-electron chi connectivity index (χ0n) is 37.7. The summed E-state index contributed by atoms with van der Waals surface area (Å²) in [5.41, 5.74) is 20.9. The lowest BCUT2D eigenvalue weighted by atomic mass is 10.0. The third-order valence-electron chi connectivity index (χ3n) is 9.65. The van der Waals surface area contributed by atoms with E-state index in [2.05, 4.69) is 43.3 Å². The molecule has 0 saturated carbocycles. The van der Waals surface area contributed by atoms with Gasteiger partial charge in [-0.3, -0.25) is 19.2 Å². The predicted molar refractivity (Wildman–Crippen MR) is 254 cm³/mol. The van der Waals surface area contributed by atoms with Crippen LogP contribution in [0.15, 0.2) is 96.2 Å². The molecule has 0 bridgehead atoms. The van der Waals surface area contributed by atoms with E-state index in [-0.39, 0.29) is 25.2 Å². The molecule has 0 aliphatic carbocycles. The van der Waals surface area contributed by atoms with E-state index in [1.54, 1.807) is 36.5 Å². The first-order valence-electron chi connectivity index (χ1n) is 21.6. The van der Waals surface area contributed by atoms with Crippen LogP contribution in [0.1, 0.15) is 99.1 Å². The normalized spacial score (nSPS) is 11.0. The lowest BCUT2D eigenvalue weighted by Crippen LogP contribution is -2.43. The van der Waals surface area contributed by atoms with Crippen LogP contribution in [0, 0.1) is 35.6 Å². The van der Waals surface area contributed by atoms with Gasteiger partial charge in [-0.05, 0) is 73.0 Å². The van der Waals surface area contributed by atoms with Gasteiger partial charge in [0.1, 0.15) is 13.2 Å². The summed E-state index contributed by atoms with van der Waals surface area (Å²) in [6.45, 7) is 3.44. The monoisotopic (exact) mass is 958 g/mol. The van der Waals surface area contributed by atoms with Crippen molar-refractivity contribution in [3.05, 3.63) is 142 Å². The number of ketones is 2. The van der Waals surface area contributed by atoms with Crippen LogP contribution in [0.5, 0.6) is 11.5 Å². The zero-order valence-corrected chi connectivity index (χ0v) is 37.7. The minimum atomic E-state index is -0.913. The maximum absolute atomic E-state index is 13.8. The van der Waals surface area contributed by atoms with Crippen molar-refractivity contribution in [2.45, 2.75) is 91.3 Å². The van der Waals surface area contributed by atoms with Crippen LogP contribution in [-0.4, -0.2) is 70.2 Å². The number of unbranched alkanes of at least 4 members (excludes halogenated alkanes) is 4. The fourth-order valence-electron chi connectivity index (χ4n) is 6.10. The summed E-state index contributed by atoms with van der Waals surface area (Å²) in [6, 6.07) is 17.5. The highest BCUT2D eigenvalue weighted by atomic mass is 19.1. The van der Waals surface area contributed by atoms with Crippen molar-refractivity contribution in [1.29, 1.82) is 0 Å². The topological polar surface area (TPSA) is 242 Å². The molecule has 6 N–H and O–H groups in total. The highest BCUT2D eigenvalue weighted by Gasteiger charge is 2.25. The summed E-state index contributed by atoms with van der Waals surface area (Å²) in [5, 5.41) is 16.7. The molecular weight excluding hydrogens is 901 g/mol. The molecule has 0 spiro atoms. The molecule has 0 fully saturated rings. The Hall–Kier alpha value is -7.59. The Morgan fingerprint density at radius 1 is 0.754 bits per heavy atom. The van der Waals surface area contributed by atoms with Gasteiger partial charge in [0.25, 0.3) is 11.8 Å². The first kappa shape index (κ1) is 57.5. The summed E-state index contributed by atoms with van der Waals surface area (Å²) < 4.78 is 66.7. The Kier molecular flexibility index (Phi) is 26.2. The number of aromatic nitrogens is 3. The average Bonchev–Trinajstić information content (AvgIpc) is 3.83. The highest BCUT2D eigenvalue weighted by Crippen LogP contribution is 2.23. The van der Waals surface area contributed by atoms with Crippen molar-refractivity contribution in [2.75, 3.05) is 19.8 Å². The highest BCUT2D eigenvalue weighted by molar-refractivity contribution is 5.99. The van der Waals surface area contributed by atoms with Gasteiger partial charge in [0.2, 0.25) is 0 Å². The molecule has 20 heteroatoms. The fourth-order valence-corrected chi connectivity index (χ4v) is 6.10. The lowest BCUT2D eigenvalue weighted by molar-refractivity contribution is -0.123. The molecule has 0 aliphatic heterocycles. The van der Waals surface area contributed by atoms with E-state index >= 15 is 0 Å². The van der Waals surface area contributed by atoms with Crippen LogP contribution in [0.2, 0.25) is 0 Å². The molecule has 4 aromatic carbocycles. The van der Waals surface area contributed by atoms with E-state index in [1.165, 1.54) is 35.0 Å². The number of hydrogen-bond acceptors (Lipinski definition) is 11. The molecule has 1 heterocycles. The summed E-state index contributed by atoms with van der Waals surface area (Å²) in [5.74, 6) is -4.65. The molecule has 5 aromatic rings. The number of terminal acetylenes is 1. The zero-order chi connectivity index (χ0) is 49.8. The van der Waals surface area contributed by atoms with Gasteiger partial charge in [-0.25, -0.2) is 22.2 Å². The van der Waals surface area contributed by atoms with Crippen molar-refractivity contribution in [2.24, 2.45) is 16.6 Å². The third kappa shape index (κ3) is 19.3.